The van der Waals surface area contributed by atoms with E-state index in [1.54, 1.807) is 0 Å². The van der Waals surface area contributed by atoms with Crippen molar-refractivity contribution in [1.82, 2.24) is 10.2 Å². The normalized spacial score (nSPS) is 42.5. The first-order chi connectivity index (χ1) is 9.61. The molecule has 20 heavy (non-hydrogen) atoms. The molecule has 4 fully saturated rings. The van der Waals surface area contributed by atoms with Crippen LogP contribution in [0, 0.1) is 11.8 Å². The maximum Gasteiger partial charge on any atom is 0.249 e. The van der Waals surface area contributed by atoms with Gasteiger partial charge in [0.1, 0.15) is 11.6 Å². The van der Waals surface area contributed by atoms with Gasteiger partial charge in [-0.15, -0.1) is 0 Å². The van der Waals surface area contributed by atoms with Gasteiger partial charge >= 0.3 is 0 Å². The highest BCUT2D eigenvalue weighted by molar-refractivity contribution is 6.00. The molecule has 2 bridgehead atoms. The number of nitrogens with zero attached hydrogens (tertiary/aromatic N) is 1. The van der Waals surface area contributed by atoms with Crippen molar-refractivity contribution in [2.24, 2.45) is 11.8 Å². The van der Waals surface area contributed by atoms with E-state index in [-0.39, 0.29) is 17.9 Å². The van der Waals surface area contributed by atoms with Gasteiger partial charge in [0.15, 0.2) is 0 Å². The summed E-state index contributed by atoms with van der Waals surface area (Å²) >= 11 is 0. The fourth-order valence-electron chi connectivity index (χ4n) is 5.25. The molecule has 1 saturated heterocycles. The highest BCUT2D eigenvalue weighted by Crippen LogP contribution is 2.48. The summed E-state index contributed by atoms with van der Waals surface area (Å²) in [6.07, 6.45) is 8.77. The fraction of sp³-hybridized carbons (Fsp3) is 0.875. The van der Waals surface area contributed by atoms with Gasteiger partial charge in [-0.3, -0.25) is 9.59 Å². The van der Waals surface area contributed by atoms with E-state index in [9.17, 15) is 9.59 Å². The third-order valence-electron chi connectivity index (χ3n) is 6.32. The monoisotopic (exact) mass is 276 g/mol. The Bertz CT molecular complexity index is 455. The van der Waals surface area contributed by atoms with Gasteiger partial charge < -0.3 is 10.2 Å². The molecule has 110 valence electrons. The fourth-order valence-corrected chi connectivity index (χ4v) is 5.25. The van der Waals surface area contributed by atoms with Crippen LogP contribution in [0.2, 0.25) is 0 Å². The van der Waals surface area contributed by atoms with E-state index in [0.717, 1.165) is 38.0 Å². The lowest BCUT2D eigenvalue weighted by Gasteiger charge is -2.48. The lowest BCUT2D eigenvalue weighted by molar-refractivity contribution is -0.158. The van der Waals surface area contributed by atoms with E-state index in [1.165, 1.54) is 19.3 Å². The van der Waals surface area contributed by atoms with Crippen LogP contribution in [-0.2, 0) is 9.59 Å². The number of nitrogens with one attached hydrogen (secondary N) is 1. The predicted molar refractivity (Wildman–Crippen MR) is 74.9 cm³/mol. The summed E-state index contributed by atoms with van der Waals surface area (Å²) in [6, 6.07) is 0.0536. The number of carbonyl (C=O) groups excluding carboxylic acids is 2. The highest BCUT2D eigenvalue weighted by atomic mass is 16.2. The number of hydrogen-bond donors (Lipinski definition) is 1. The molecule has 0 aromatic heterocycles. The van der Waals surface area contributed by atoms with Crippen LogP contribution in [0.4, 0.5) is 0 Å². The van der Waals surface area contributed by atoms with Crippen molar-refractivity contribution in [3.8, 4) is 0 Å². The van der Waals surface area contributed by atoms with Gasteiger partial charge in [0, 0.05) is 6.04 Å². The Morgan fingerprint density at radius 1 is 1.15 bits per heavy atom. The molecular weight excluding hydrogens is 252 g/mol. The molecule has 1 heterocycles. The predicted octanol–water partition coefficient (Wildman–Crippen LogP) is 1.83. The molecule has 0 aromatic carbocycles. The van der Waals surface area contributed by atoms with E-state index >= 15 is 0 Å². The van der Waals surface area contributed by atoms with Crippen LogP contribution in [0.3, 0.4) is 0 Å². The average molecular weight is 276 g/mol. The molecule has 2 amide bonds. The molecule has 0 radical (unpaired) electrons. The summed E-state index contributed by atoms with van der Waals surface area (Å²) in [6.45, 7) is 1.90. The summed E-state index contributed by atoms with van der Waals surface area (Å²) in [5.74, 6) is 1.74. The van der Waals surface area contributed by atoms with Crippen molar-refractivity contribution in [3.63, 3.8) is 0 Å². The molecule has 4 unspecified atom stereocenters. The lowest BCUT2D eigenvalue weighted by Crippen LogP contribution is -2.71. The van der Waals surface area contributed by atoms with Crippen LogP contribution < -0.4 is 5.32 Å². The number of fused-ring (bicyclic) bond motifs is 2. The second-order valence-electron chi connectivity index (χ2n) is 7.41. The van der Waals surface area contributed by atoms with Gasteiger partial charge in [-0.2, -0.15) is 0 Å². The molecule has 1 N–H and O–H groups in total. The van der Waals surface area contributed by atoms with Crippen molar-refractivity contribution >= 4 is 11.8 Å². The second kappa shape index (κ2) is 4.22. The van der Waals surface area contributed by atoms with E-state index in [0.29, 0.717) is 12.0 Å². The Kier molecular flexibility index (Phi) is 2.67. The molecule has 4 heteroatoms. The molecular formula is C16H24N2O2. The minimum atomic E-state index is -0.550. The Morgan fingerprint density at radius 2 is 1.90 bits per heavy atom. The second-order valence-corrected chi connectivity index (χ2v) is 7.41. The highest BCUT2D eigenvalue weighted by Gasteiger charge is 2.55. The molecule has 4 atom stereocenters. The van der Waals surface area contributed by atoms with Gasteiger partial charge in [-0.05, 0) is 50.9 Å². The quantitative estimate of drug-likeness (QED) is 0.794. The molecule has 4 rings (SSSR count). The van der Waals surface area contributed by atoms with Crippen LogP contribution in [0.1, 0.15) is 58.3 Å². The molecule has 4 aliphatic rings. The van der Waals surface area contributed by atoms with Gasteiger partial charge in [0.25, 0.3) is 0 Å². The SMILES string of the molecule is CC1C(=O)NC2(CCCC2)C(=O)N1C1CC2CCC1C2. The summed E-state index contributed by atoms with van der Waals surface area (Å²) in [5, 5.41) is 3.06. The Hall–Kier alpha value is -1.06. The van der Waals surface area contributed by atoms with Crippen molar-refractivity contribution < 1.29 is 9.59 Å². The summed E-state index contributed by atoms with van der Waals surface area (Å²) in [4.78, 5) is 27.4. The van der Waals surface area contributed by atoms with Gasteiger partial charge in [-0.1, -0.05) is 19.3 Å². The summed E-state index contributed by atoms with van der Waals surface area (Å²) < 4.78 is 0. The van der Waals surface area contributed by atoms with Crippen LogP contribution >= 0.6 is 0 Å². The van der Waals surface area contributed by atoms with Crippen LogP contribution in [0.25, 0.3) is 0 Å². The van der Waals surface area contributed by atoms with Crippen molar-refractivity contribution in [2.75, 3.05) is 0 Å². The maximum absolute atomic E-state index is 13.1. The van der Waals surface area contributed by atoms with Gasteiger partial charge in [0.2, 0.25) is 11.8 Å². The van der Waals surface area contributed by atoms with E-state index < -0.39 is 5.54 Å². The van der Waals surface area contributed by atoms with Crippen molar-refractivity contribution in [1.29, 1.82) is 0 Å². The Balaban J connectivity index is 1.65. The zero-order valence-corrected chi connectivity index (χ0v) is 12.2. The smallest absolute Gasteiger partial charge is 0.249 e. The molecule has 3 aliphatic carbocycles. The van der Waals surface area contributed by atoms with Gasteiger partial charge in [-0.25, -0.2) is 0 Å². The van der Waals surface area contributed by atoms with Crippen molar-refractivity contribution in [3.05, 3.63) is 0 Å². The number of hydrogen-bond acceptors (Lipinski definition) is 2. The number of amides is 2. The zero-order chi connectivity index (χ0) is 13.9. The van der Waals surface area contributed by atoms with Gasteiger partial charge in [0.05, 0.1) is 0 Å². The molecule has 1 aliphatic heterocycles. The van der Waals surface area contributed by atoms with E-state index in [1.807, 2.05) is 11.8 Å². The summed E-state index contributed by atoms with van der Waals surface area (Å²) in [7, 11) is 0. The first-order valence-electron chi connectivity index (χ1n) is 8.25. The van der Waals surface area contributed by atoms with E-state index in [2.05, 4.69) is 5.32 Å². The first-order valence-corrected chi connectivity index (χ1v) is 8.25. The molecule has 0 aromatic rings. The largest absolute Gasteiger partial charge is 0.340 e. The minimum absolute atomic E-state index is 0.0641. The Labute approximate surface area is 120 Å². The minimum Gasteiger partial charge on any atom is -0.340 e. The Morgan fingerprint density at radius 3 is 2.50 bits per heavy atom. The molecule has 4 nitrogen and oxygen atoms in total. The lowest BCUT2D eigenvalue weighted by atomic mass is 9.86. The number of piperazine rings is 1. The third kappa shape index (κ3) is 1.60. The number of carbonyl (C=O) groups is 2. The molecule has 1 spiro atoms. The number of rotatable bonds is 1. The zero-order valence-electron chi connectivity index (χ0n) is 12.2. The van der Waals surface area contributed by atoms with Crippen molar-refractivity contribution in [2.45, 2.75) is 75.9 Å². The standard InChI is InChI=1S/C16H24N2O2/c1-10-14(19)17-16(6-2-3-7-16)15(20)18(10)13-9-11-4-5-12(13)8-11/h10-13H,2-9H2,1H3,(H,17,19). The third-order valence-corrected chi connectivity index (χ3v) is 6.32. The molecule has 3 saturated carbocycles. The van der Waals surface area contributed by atoms with Crippen LogP contribution in [-0.4, -0.2) is 34.3 Å². The summed E-state index contributed by atoms with van der Waals surface area (Å²) in [5.41, 5.74) is -0.550. The first kappa shape index (κ1) is 12.7. The van der Waals surface area contributed by atoms with Crippen LogP contribution in [0.15, 0.2) is 0 Å². The topological polar surface area (TPSA) is 49.4 Å². The maximum atomic E-state index is 13.1. The van der Waals surface area contributed by atoms with Crippen LogP contribution in [0.5, 0.6) is 0 Å². The average Bonchev–Trinajstić information content (AvgIpc) is 3.13. The van der Waals surface area contributed by atoms with E-state index in [4.69, 9.17) is 0 Å².